The lowest BCUT2D eigenvalue weighted by molar-refractivity contribution is -0.118. The molecule has 0 radical (unpaired) electrons. The van der Waals surface area contributed by atoms with Gasteiger partial charge in [0.15, 0.2) is 17.3 Å². The van der Waals surface area contributed by atoms with Gasteiger partial charge in [-0.25, -0.2) is 14.8 Å². The number of H-pyrrole nitrogens is 1. The summed E-state index contributed by atoms with van der Waals surface area (Å²) in [5.74, 6) is -0.179. The number of imidazole rings is 1. The van der Waals surface area contributed by atoms with Crippen LogP contribution in [0.3, 0.4) is 0 Å². The first kappa shape index (κ1) is 21.3. The summed E-state index contributed by atoms with van der Waals surface area (Å²) in [4.78, 5) is 48.7. The fourth-order valence-corrected chi connectivity index (χ4v) is 3.55. The number of thiocarbonyl (C=S) groups is 1. The van der Waals surface area contributed by atoms with Crippen molar-refractivity contribution in [2.45, 2.75) is 25.4 Å². The van der Waals surface area contributed by atoms with Gasteiger partial charge < -0.3 is 20.8 Å². The largest absolute Gasteiger partial charge is 0.382 e. The van der Waals surface area contributed by atoms with Crippen LogP contribution in [0.4, 0.5) is 5.82 Å². The SMILES string of the molecule is Nc1nc(C(CC=O)NC(=O)C2=CCC(=S)C=C2)nc2c1[nH]c(=O)n2Cc1ccccc1. The monoisotopic (exact) mass is 448 g/mol. The number of nitrogen functional groups attached to an aromatic ring is 1. The molecular formula is C22H20N6O3S. The zero-order valence-electron chi connectivity index (χ0n) is 16.9. The van der Waals surface area contributed by atoms with E-state index in [1.165, 1.54) is 4.57 Å². The molecule has 1 aliphatic carbocycles. The molecular weight excluding hydrogens is 428 g/mol. The van der Waals surface area contributed by atoms with E-state index in [1.54, 1.807) is 18.2 Å². The molecule has 9 nitrogen and oxygen atoms in total. The van der Waals surface area contributed by atoms with Crippen LogP contribution in [0.2, 0.25) is 0 Å². The Kier molecular flexibility index (Phi) is 6.04. The predicted molar refractivity (Wildman–Crippen MR) is 124 cm³/mol. The number of nitrogens with zero attached hydrogens (tertiary/aromatic N) is 3. The number of amides is 1. The second-order valence-corrected chi connectivity index (χ2v) is 7.78. The highest BCUT2D eigenvalue weighted by Gasteiger charge is 2.23. The van der Waals surface area contributed by atoms with Crippen molar-refractivity contribution in [1.82, 2.24) is 24.8 Å². The van der Waals surface area contributed by atoms with Crippen LogP contribution in [0, 0.1) is 0 Å². The Hall–Kier alpha value is -3.92. The Labute approximate surface area is 188 Å². The third-order valence-electron chi connectivity index (χ3n) is 5.03. The number of nitrogens with two attached hydrogens (primary N) is 1. The van der Waals surface area contributed by atoms with Gasteiger partial charge in [-0.15, -0.1) is 0 Å². The van der Waals surface area contributed by atoms with Gasteiger partial charge in [-0.2, -0.15) is 0 Å². The molecule has 0 aliphatic heterocycles. The van der Waals surface area contributed by atoms with E-state index in [9.17, 15) is 14.4 Å². The maximum Gasteiger partial charge on any atom is 0.328 e. The minimum atomic E-state index is -0.815. The van der Waals surface area contributed by atoms with Crippen LogP contribution in [-0.2, 0) is 16.1 Å². The van der Waals surface area contributed by atoms with E-state index in [-0.39, 0.29) is 36.2 Å². The zero-order chi connectivity index (χ0) is 22.7. The number of hydrogen-bond donors (Lipinski definition) is 3. The second kappa shape index (κ2) is 9.06. The maximum absolute atomic E-state index is 12.7. The molecule has 3 aromatic rings. The molecule has 4 rings (SSSR count). The fraction of sp³-hybridized carbons (Fsp3) is 0.182. The van der Waals surface area contributed by atoms with Gasteiger partial charge in [0.25, 0.3) is 5.91 Å². The van der Waals surface area contributed by atoms with Crippen LogP contribution in [-0.4, -0.2) is 36.6 Å². The lowest BCUT2D eigenvalue weighted by atomic mass is 10.1. The lowest BCUT2D eigenvalue weighted by Gasteiger charge is -2.17. The molecule has 162 valence electrons. The number of nitrogens with one attached hydrogen (secondary N) is 2. The van der Waals surface area contributed by atoms with Gasteiger partial charge in [-0.05, 0) is 17.7 Å². The molecule has 1 aromatic carbocycles. The van der Waals surface area contributed by atoms with Crippen molar-refractivity contribution < 1.29 is 9.59 Å². The molecule has 1 atom stereocenters. The Bertz CT molecular complexity index is 1320. The zero-order valence-corrected chi connectivity index (χ0v) is 17.8. The number of hydrogen-bond acceptors (Lipinski definition) is 7. The molecule has 10 heteroatoms. The first-order valence-electron chi connectivity index (χ1n) is 9.91. The summed E-state index contributed by atoms with van der Waals surface area (Å²) in [6, 6.07) is 8.61. The normalized spacial score (nSPS) is 14.2. The Morgan fingerprint density at radius 1 is 1.28 bits per heavy atom. The molecule has 0 saturated heterocycles. The molecule has 32 heavy (non-hydrogen) atoms. The number of rotatable bonds is 7. The summed E-state index contributed by atoms with van der Waals surface area (Å²) in [6.45, 7) is 0.276. The fourth-order valence-electron chi connectivity index (χ4n) is 3.40. The Morgan fingerprint density at radius 2 is 2.06 bits per heavy atom. The molecule has 0 fully saturated rings. The summed E-state index contributed by atoms with van der Waals surface area (Å²) < 4.78 is 1.44. The van der Waals surface area contributed by atoms with E-state index >= 15 is 0 Å². The highest BCUT2D eigenvalue weighted by molar-refractivity contribution is 7.80. The Balaban J connectivity index is 1.69. The van der Waals surface area contributed by atoms with Crippen molar-refractivity contribution in [3.8, 4) is 0 Å². The molecule has 0 saturated carbocycles. The average molecular weight is 449 g/mol. The number of carbonyl (C=O) groups excluding carboxylic acids is 2. The van der Waals surface area contributed by atoms with E-state index < -0.39 is 6.04 Å². The molecule has 4 N–H and O–H groups in total. The topological polar surface area (TPSA) is 136 Å². The van der Waals surface area contributed by atoms with Gasteiger partial charge in [0.1, 0.15) is 11.8 Å². The highest BCUT2D eigenvalue weighted by atomic mass is 32.1. The Morgan fingerprint density at radius 3 is 2.75 bits per heavy atom. The third-order valence-corrected chi connectivity index (χ3v) is 5.34. The number of fused-ring (bicyclic) bond motifs is 1. The smallest absolute Gasteiger partial charge is 0.328 e. The van der Waals surface area contributed by atoms with E-state index in [2.05, 4.69) is 20.3 Å². The van der Waals surface area contributed by atoms with Crippen LogP contribution in [0.1, 0.15) is 30.3 Å². The summed E-state index contributed by atoms with van der Waals surface area (Å²) in [5, 5.41) is 2.78. The lowest BCUT2D eigenvalue weighted by Crippen LogP contribution is -2.31. The number of anilines is 1. The number of allylic oxidation sites excluding steroid dienone is 2. The van der Waals surface area contributed by atoms with Gasteiger partial charge in [0.05, 0.1) is 12.6 Å². The molecule has 1 amide bonds. The molecule has 1 aliphatic rings. The summed E-state index contributed by atoms with van der Waals surface area (Å²) in [5.41, 5.74) is 7.64. The molecule has 2 aromatic heterocycles. The number of aromatic nitrogens is 4. The van der Waals surface area contributed by atoms with Gasteiger partial charge >= 0.3 is 5.69 Å². The molecule has 0 spiro atoms. The molecule has 1 unspecified atom stereocenters. The number of benzene rings is 1. The molecule has 0 bridgehead atoms. The van der Waals surface area contributed by atoms with Gasteiger partial charge in [-0.3, -0.25) is 9.36 Å². The standard InChI is InChI=1S/C22H20N6O3S/c23-18-17-20(28(22(31)25-17)12-13-4-2-1-3-5-13)27-19(26-18)16(10-11-29)24-21(30)14-6-8-15(32)9-7-14/h1-8,11,16H,9-10,12H2,(H,24,30)(H,25,31)(H2,23,26,27). The first-order chi connectivity index (χ1) is 15.5. The number of carbonyl (C=O) groups is 2. The summed E-state index contributed by atoms with van der Waals surface area (Å²) >= 11 is 5.10. The minimum absolute atomic E-state index is 0.0561. The van der Waals surface area contributed by atoms with Crippen molar-refractivity contribution in [1.29, 1.82) is 0 Å². The summed E-state index contributed by atoms with van der Waals surface area (Å²) in [7, 11) is 0. The number of aromatic amines is 1. The van der Waals surface area contributed by atoms with E-state index in [4.69, 9.17) is 18.0 Å². The van der Waals surface area contributed by atoms with E-state index in [1.807, 2.05) is 30.3 Å². The summed E-state index contributed by atoms with van der Waals surface area (Å²) in [6.07, 6.45) is 6.15. The minimum Gasteiger partial charge on any atom is -0.382 e. The molecule has 2 heterocycles. The van der Waals surface area contributed by atoms with Crippen LogP contribution in [0.15, 0.2) is 58.9 Å². The first-order valence-corrected chi connectivity index (χ1v) is 10.3. The highest BCUT2D eigenvalue weighted by Crippen LogP contribution is 2.21. The van der Waals surface area contributed by atoms with Gasteiger partial charge in [0.2, 0.25) is 0 Å². The van der Waals surface area contributed by atoms with Gasteiger partial charge in [-0.1, -0.05) is 48.6 Å². The predicted octanol–water partition coefficient (Wildman–Crippen LogP) is 1.75. The maximum atomic E-state index is 12.7. The van der Waals surface area contributed by atoms with Crippen LogP contribution in [0.25, 0.3) is 11.2 Å². The van der Waals surface area contributed by atoms with Crippen molar-refractivity contribution in [3.63, 3.8) is 0 Å². The van der Waals surface area contributed by atoms with Crippen LogP contribution >= 0.6 is 12.2 Å². The van der Waals surface area contributed by atoms with Crippen molar-refractivity contribution in [3.05, 3.63) is 76.0 Å². The van der Waals surface area contributed by atoms with Gasteiger partial charge in [0, 0.05) is 23.3 Å². The quantitative estimate of drug-likeness (QED) is 0.370. The van der Waals surface area contributed by atoms with E-state index in [0.29, 0.717) is 29.4 Å². The van der Waals surface area contributed by atoms with Crippen LogP contribution in [0.5, 0.6) is 0 Å². The third kappa shape index (κ3) is 4.40. The average Bonchev–Trinajstić information content (AvgIpc) is 3.10. The second-order valence-electron chi connectivity index (χ2n) is 7.26. The number of aldehydes is 1. The van der Waals surface area contributed by atoms with Crippen molar-refractivity contribution in [2.75, 3.05) is 5.73 Å². The van der Waals surface area contributed by atoms with Crippen molar-refractivity contribution >= 4 is 46.3 Å². The van der Waals surface area contributed by atoms with Crippen molar-refractivity contribution in [2.24, 2.45) is 0 Å². The van der Waals surface area contributed by atoms with E-state index in [0.717, 1.165) is 10.4 Å². The van der Waals surface area contributed by atoms with Crippen LogP contribution < -0.4 is 16.7 Å².